The maximum Gasteiger partial charge on any atom is 0.0104 e. The van der Waals surface area contributed by atoms with Crippen LogP contribution in [0.1, 0.15) is 65.7 Å². The molecule has 0 aliphatic heterocycles. The summed E-state index contributed by atoms with van der Waals surface area (Å²) in [5, 5.41) is 3.68. The molecule has 0 amide bonds. The highest BCUT2D eigenvalue weighted by Gasteiger charge is 2.25. The summed E-state index contributed by atoms with van der Waals surface area (Å²) in [4.78, 5) is 0. The second-order valence-electron chi connectivity index (χ2n) is 5.32. The molecule has 1 aliphatic rings. The van der Waals surface area contributed by atoms with Crippen molar-refractivity contribution in [3.63, 3.8) is 0 Å². The first kappa shape index (κ1) is 14.6. The molecule has 0 heterocycles. The minimum absolute atomic E-state index is 0.707. The van der Waals surface area contributed by atoms with Crippen molar-refractivity contribution in [2.24, 2.45) is 11.8 Å². The molecule has 0 saturated heterocycles. The third kappa shape index (κ3) is 5.13. The largest absolute Gasteiger partial charge is 0.314 e. The summed E-state index contributed by atoms with van der Waals surface area (Å²) in [6.45, 7) is 7.59. The van der Waals surface area contributed by atoms with Gasteiger partial charge in [0.1, 0.15) is 0 Å². The lowest BCUT2D eigenvalue weighted by Gasteiger charge is -2.34. The van der Waals surface area contributed by atoms with Crippen molar-refractivity contribution in [1.29, 1.82) is 0 Å². The molecule has 0 aromatic rings. The lowest BCUT2D eigenvalue weighted by Crippen LogP contribution is -2.38. The summed E-state index contributed by atoms with van der Waals surface area (Å²) >= 11 is 0. The minimum Gasteiger partial charge on any atom is -0.314 e. The number of rotatable bonds is 6. The second kappa shape index (κ2) is 8.59. The topological polar surface area (TPSA) is 12.0 Å². The van der Waals surface area contributed by atoms with Crippen LogP contribution in [0.25, 0.3) is 0 Å². The van der Waals surface area contributed by atoms with Gasteiger partial charge in [-0.25, -0.2) is 0 Å². The van der Waals surface area contributed by atoms with Crippen LogP contribution in [0.4, 0.5) is 0 Å². The quantitative estimate of drug-likeness (QED) is 0.687. The second-order valence-corrected chi connectivity index (χ2v) is 5.32. The van der Waals surface area contributed by atoms with Gasteiger partial charge >= 0.3 is 0 Å². The molecule has 17 heavy (non-hydrogen) atoms. The summed E-state index contributed by atoms with van der Waals surface area (Å²) < 4.78 is 0. The van der Waals surface area contributed by atoms with Gasteiger partial charge in [-0.05, 0) is 44.6 Å². The Morgan fingerprint density at radius 1 is 1.18 bits per heavy atom. The zero-order chi connectivity index (χ0) is 12.5. The Morgan fingerprint density at radius 2 is 1.88 bits per heavy atom. The van der Waals surface area contributed by atoms with E-state index >= 15 is 0 Å². The third-order valence-corrected chi connectivity index (χ3v) is 4.26. The molecule has 0 aromatic heterocycles. The van der Waals surface area contributed by atoms with Gasteiger partial charge in [-0.2, -0.15) is 0 Å². The SMILES string of the molecule is CC#CCCC(NCC)C1CCC(CC)CC1. The zero-order valence-electron chi connectivity index (χ0n) is 11.9. The van der Waals surface area contributed by atoms with E-state index < -0.39 is 0 Å². The highest BCUT2D eigenvalue weighted by atomic mass is 14.9. The number of hydrogen-bond donors (Lipinski definition) is 1. The Bertz CT molecular complexity index is 240. The summed E-state index contributed by atoms with van der Waals surface area (Å²) in [6.07, 6.45) is 9.41. The van der Waals surface area contributed by atoms with E-state index in [1.165, 1.54) is 38.5 Å². The molecule has 1 saturated carbocycles. The average molecular weight is 235 g/mol. The van der Waals surface area contributed by atoms with E-state index in [1.54, 1.807) is 0 Å². The Hall–Kier alpha value is -0.480. The molecule has 1 fully saturated rings. The zero-order valence-corrected chi connectivity index (χ0v) is 11.9. The van der Waals surface area contributed by atoms with E-state index in [4.69, 9.17) is 0 Å². The van der Waals surface area contributed by atoms with Gasteiger partial charge in [0.15, 0.2) is 0 Å². The molecule has 1 aliphatic carbocycles. The molecule has 98 valence electrons. The van der Waals surface area contributed by atoms with Crippen LogP contribution in [0.3, 0.4) is 0 Å². The van der Waals surface area contributed by atoms with E-state index in [2.05, 4.69) is 31.0 Å². The normalized spacial score (nSPS) is 26.1. The van der Waals surface area contributed by atoms with E-state index in [9.17, 15) is 0 Å². The van der Waals surface area contributed by atoms with Gasteiger partial charge in [-0.3, -0.25) is 0 Å². The van der Waals surface area contributed by atoms with Crippen molar-refractivity contribution in [2.75, 3.05) is 6.54 Å². The van der Waals surface area contributed by atoms with Crippen LogP contribution in [0, 0.1) is 23.7 Å². The van der Waals surface area contributed by atoms with E-state index in [-0.39, 0.29) is 0 Å². The van der Waals surface area contributed by atoms with Gasteiger partial charge in [0.2, 0.25) is 0 Å². The predicted molar refractivity (Wildman–Crippen MR) is 75.9 cm³/mol. The summed E-state index contributed by atoms with van der Waals surface area (Å²) in [6, 6.07) is 0.707. The van der Waals surface area contributed by atoms with E-state index in [1.807, 2.05) is 6.92 Å². The Balaban J connectivity index is 2.38. The van der Waals surface area contributed by atoms with Crippen molar-refractivity contribution < 1.29 is 0 Å². The molecule has 1 rings (SSSR count). The van der Waals surface area contributed by atoms with Crippen molar-refractivity contribution in [3.8, 4) is 11.8 Å². The predicted octanol–water partition coefficient (Wildman–Crippen LogP) is 3.98. The van der Waals surface area contributed by atoms with Crippen LogP contribution in [0.2, 0.25) is 0 Å². The lowest BCUT2D eigenvalue weighted by atomic mass is 9.76. The Labute approximate surface area is 108 Å². The fraction of sp³-hybridized carbons (Fsp3) is 0.875. The average Bonchev–Trinajstić information content (AvgIpc) is 2.38. The molecule has 1 heteroatoms. The van der Waals surface area contributed by atoms with Gasteiger partial charge in [0.05, 0.1) is 0 Å². The lowest BCUT2D eigenvalue weighted by molar-refractivity contribution is 0.213. The van der Waals surface area contributed by atoms with Gasteiger partial charge in [0, 0.05) is 12.5 Å². The molecule has 1 unspecified atom stereocenters. The third-order valence-electron chi connectivity index (χ3n) is 4.26. The minimum atomic E-state index is 0.707. The fourth-order valence-corrected chi connectivity index (χ4v) is 3.12. The summed E-state index contributed by atoms with van der Waals surface area (Å²) in [5.74, 6) is 8.12. The van der Waals surface area contributed by atoms with Crippen LogP contribution < -0.4 is 5.32 Å². The monoisotopic (exact) mass is 235 g/mol. The van der Waals surface area contributed by atoms with Crippen molar-refractivity contribution in [3.05, 3.63) is 0 Å². The van der Waals surface area contributed by atoms with Crippen LogP contribution in [-0.4, -0.2) is 12.6 Å². The Morgan fingerprint density at radius 3 is 2.41 bits per heavy atom. The van der Waals surface area contributed by atoms with Crippen LogP contribution in [-0.2, 0) is 0 Å². The van der Waals surface area contributed by atoms with E-state index in [0.29, 0.717) is 6.04 Å². The smallest absolute Gasteiger partial charge is 0.0104 e. The highest BCUT2D eigenvalue weighted by molar-refractivity contribution is 4.96. The molecule has 1 atom stereocenters. The maximum atomic E-state index is 3.68. The fourth-order valence-electron chi connectivity index (χ4n) is 3.12. The molecule has 1 N–H and O–H groups in total. The van der Waals surface area contributed by atoms with Crippen LogP contribution >= 0.6 is 0 Å². The van der Waals surface area contributed by atoms with Crippen LogP contribution in [0.5, 0.6) is 0 Å². The first-order valence-electron chi connectivity index (χ1n) is 7.44. The van der Waals surface area contributed by atoms with Crippen LogP contribution in [0.15, 0.2) is 0 Å². The van der Waals surface area contributed by atoms with Crippen molar-refractivity contribution >= 4 is 0 Å². The molecular weight excluding hydrogens is 206 g/mol. The van der Waals surface area contributed by atoms with E-state index in [0.717, 1.165) is 24.8 Å². The Kier molecular flexibility index (Phi) is 7.37. The molecule has 0 spiro atoms. The van der Waals surface area contributed by atoms with Gasteiger partial charge in [-0.15, -0.1) is 11.8 Å². The number of hydrogen-bond acceptors (Lipinski definition) is 1. The van der Waals surface area contributed by atoms with Gasteiger partial charge in [-0.1, -0.05) is 33.1 Å². The summed E-state index contributed by atoms with van der Waals surface area (Å²) in [5.41, 5.74) is 0. The number of nitrogens with one attached hydrogen (secondary N) is 1. The molecular formula is C16H29N. The first-order chi connectivity index (χ1) is 8.31. The highest BCUT2D eigenvalue weighted by Crippen LogP contribution is 2.33. The standard InChI is InChI=1S/C16H29N/c1-4-7-8-9-16(17-6-3)15-12-10-14(5-2)11-13-15/h14-17H,5-6,8-13H2,1-3H3. The summed E-state index contributed by atoms with van der Waals surface area (Å²) in [7, 11) is 0. The van der Waals surface area contributed by atoms with Crippen molar-refractivity contribution in [1.82, 2.24) is 5.32 Å². The molecule has 0 aromatic carbocycles. The van der Waals surface area contributed by atoms with Gasteiger partial charge in [0.25, 0.3) is 0 Å². The van der Waals surface area contributed by atoms with Crippen molar-refractivity contribution in [2.45, 2.75) is 71.8 Å². The molecule has 0 radical (unpaired) electrons. The molecule has 0 bridgehead atoms. The maximum absolute atomic E-state index is 3.68. The molecule has 1 nitrogen and oxygen atoms in total. The van der Waals surface area contributed by atoms with Gasteiger partial charge < -0.3 is 5.32 Å². The first-order valence-corrected chi connectivity index (χ1v) is 7.44.